The number of hydrogen-bond acceptors (Lipinski definition) is 4. The van der Waals surface area contributed by atoms with E-state index < -0.39 is 32.5 Å². The molecule has 2 heterocycles. The summed E-state index contributed by atoms with van der Waals surface area (Å²) in [4.78, 5) is 18.3. The number of sulfonamides is 1. The third-order valence-electron chi connectivity index (χ3n) is 5.53. The molecule has 2 aromatic carbocycles. The van der Waals surface area contributed by atoms with Crippen LogP contribution in [0.25, 0.3) is 10.9 Å². The van der Waals surface area contributed by atoms with Crippen molar-refractivity contribution in [2.45, 2.75) is 18.0 Å². The largest absolute Gasteiger partial charge is 0.416 e. The van der Waals surface area contributed by atoms with Crippen molar-refractivity contribution >= 4 is 26.8 Å². The lowest BCUT2D eigenvalue weighted by atomic mass is 10.1. The first-order valence-electron chi connectivity index (χ1n) is 10.0. The number of hydrogen-bond donors (Lipinski definition) is 0. The van der Waals surface area contributed by atoms with Gasteiger partial charge < -0.3 is 4.90 Å². The van der Waals surface area contributed by atoms with Crippen LogP contribution in [0.5, 0.6) is 0 Å². The summed E-state index contributed by atoms with van der Waals surface area (Å²) >= 11 is 0. The minimum absolute atomic E-state index is 0.0599. The monoisotopic (exact) mass is 481 g/mol. The Morgan fingerprint density at radius 2 is 1.70 bits per heavy atom. The molecular formula is C22H19F4N3O3S. The Bertz CT molecular complexity index is 1330. The van der Waals surface area contributed by atoms with E-state index in [1.165, 1.54) is 23.1 Å². The third kappa shape index (κ3) is 4.55. The zero-order chi connectivity index (χ0) is 24.0. The first-order valence-corrected chi connectivity index (χ1v) is 11.4. The Hall–Kier alpha value is -3.05. The normalized spacial score (nSPS) is 15.7. The average molecular weight is 481 g/mol. The molecule has 0 unspecified atom stereocenters. The molecule has 0 spiro atoms. The fourth-order valence-corrected chi connectivity index (χ4v) is 5.21. The molecular weight excluding hydrogens is 462 g/mol. The summed E-state index contributed by atoms with van der Waals surface area (Å²) in [6, 6.07) is 9.27. The minimum Gasteiger partial charge on any atom is -0.336 e. The summed E-state index contributed by atoms with van der Waals surface area (Å²) in [7, 11) is -4.15. The van der Waals surface area contributed by atoms with Gasteiger partial charge in [0.05, 0.1) is 27.2 Å². The molecule has 33 heavy (non-hydrogen) atoms. The van der Waals surface area contributed by atoms with E-state index in [9.17, 15) is 30.8 Å². The molecule has 0 saturated carbocycles. The SMILES string of the molecule is Cc1nc2cc(F)ccc2cc1C(=O)N1CCN(S(=O)(=O)c2cccc(C(F)(F)F)c2)CC1. The summed E-state index contributed by atoms with van der Waals surface area (Å²) in [5.74, 6) is -0.783. The summed E-state index contributed by atoms with van der Waals surface area (Å²) in [6.45, 7) is 1.65. The maximum Gasteiger partial charge on any atom is 0.416 e. The highest BCUT2D eigenvalue weighted by Crippen LogP contribution is 2.31. The molecule has 1 aromatic heterocycles. The molecule has 3 aromatic rings. The van der Waals surface area contributed by atoms with E-state index in [1.54, 1.807) is 13.0 Å². The molecule has 1 saturated heterocycles. The maximum absolute atomic E-state index is 13.4. The quantitative estimate of drug-likeness (QED) is 0.533. The van der Waals surface area contributed by atoms with Gasteiger partial charge in [0.15, 0.2) is 0 Å². The highest BCUT2D eigenvalue weighted by atomic mass is 32.2. The van der Waals surface area contributed by atoms with Crippen LogP contribution in [0, 0.1) is 12.7 Å². The van der Waals surface area contributed by atoms with Crippen molar-refractivity contribution < 1.29 is 30.8 Å². The fourth-order valence-electron chi connectivity index (χ4n) is 3.74. The van der Waals surface area contributed by atoms with Gasteiger partial charge in [0.25, 0.3) is 5.91 Å². The average Bonchev–Trinajstić information content (AvgIpc) is 2.77. The lowest BCUT2D eigenvalue weighted by Crippen LogP contribution is -2.50. The first-order chi connectivity index (χ1) is 15.5. The number of aromatic nitrogens is 1. The smallest absolute Gasteiger partial charge is 0.336 e. The van der Waals surface area contributed by atoms with Crippen molar-refractivity contribution in [2.24, 2.45) is 0 Å². The second-order valence-corrected chi connectivity index (χ2v) is 9.62. The lowest BCUT2D eigenvalue weighted by molar-refractivity contribution is -0.137. The molecule has 0 radical (unpaired) electrons. The van der Waals surface area contributed by atoms with Gasteiger partial charge in [-0.15, -0.1) is 0 Å². The number of carbonyl (C=O) groups excluding carboxylic acids is 1. The molecule has 6 nitrogen and oxygen atoms in total. The third-order valence-corrected chi connectivity index (χ3v) is 7.42. The predicted molar refractivity (Wildman–Crippen MR) is 113 cm³/mol. The van der Waals surface area contributed by atoms with Gasteiger partial charge in [0.2, 0.25) is 10.0 Å². The predicted octanol–water partition coefficient (Wildman–Crippen LogP) is 3.85. The zero-order valence-electron chi connectivity index (χ0n) is 17.4. The van der Waals surface area contributed by atoms with Crippen molar-refractivity contribution in [2.75, 3.05) is 26.2 Å². The lowest BCUT2D eigenvalue weighted by Gasteiger charge is -2.34. The Balaban J connectivity index is 1.51. The molecule has 4 rings (SSSR count). The summed E-state index contributed by atoms with van der Waals surface area (Å²) in [6.07, 6.45) is -4.66. The standard InChI is InChI=1S/C22H19F4N3O3S/c1-14-19(11-15-5-6-17(23)13-20(15)27-14)21(30)28-7-9-29(10-8-28)33(31,32)18-4-2-3-16(12-18)22(24,25)26/h2-6,11-13H,7-10H2,1H3. The Kier molecular flexibility index (Phi) is 5.87. The number of aryl methyl sites for hydroxylation is 1. The fraction of sp³-hybridized carbons (Fsp3) is 0.273. The Morgan fingerprint density at radius 3 is 2.36 bits per heavy atom. The van der Waals surface area contributed by atoms with Crippen molar-refractivity contribution in [3.05, 3.63) is 71.2 Å². The van der Waals surface area contributed by atoms with E-state index in [0.29, 0.717) is 28.2 Å². The Labute approximate surface area is 187 Å². The number of amides is 1. The number of piperazine rings is 1. The van der Waals surface area contributed by atoms with Crippen LogP contribution in [0.1, 0.15) is 21.6 Å². The number of halogens is 4. The Morgan fingerprint density at radius 1 is 1.00 bits per heavy atom. The van der Waals surface area contributed by atoms with Crippen LogP contribution >= 0.6 is 0 Å². The summed E-state index contributed by atoms with van der Waals surface area (Å²) in [5.41, 5.74) is 0.109. The van der Waals surface area contributed by atoms with Crippen LogP contribution in [-0.2, 0) is 16.2 Å². The van der Waals surface area contributed by atoms with Crippen LogP contribution in [-0.4, -0.2) is 54.7 Å². The van der Waals surface area contributed by atoms with E-state index >= 15 is 0 Å². The molecule has 0 bridgehead atoms. The molecule has 1 fully saturated rings. The number of carbonyl (C=O) groups is 1. The van der Waals surface area contributed by atoms with E-state index in [1.807, 2.05) is 0 Å². The highest BCUT2D eigenvalue weighted by Gasteiger charge is 2.34. The maximum atomic E-state index is 13.4. The first kappa shape index (κ1) is 23.1. The van der Waals surface area contributed by atoms with Crippen molar-refractivity contribution in [3.8, 4) is 0 Å². The molecule has 0 atom stereocenters. The van der Waals surface area contributed by atoms with Gasteiger partial charge in [-0.3, -0.25) is 9.78 Å². The van der Waals surface area contributed by atoms with E-state index in [0.717, 1.165) is 22.5 Å². The van der Waals surface area contributed by atoms with Crippen LogP contribution in [0.2, 0.25) is 0 Å². The molecule has 1 aliphatic heterocycles. The van der Waals surface area contributed by atoms with Crippen LogP contribution < -0.4 is 0 Å². The highest BCUT2D eigenvalue weighted by molar-refractivity contribution is 7.89. The number of nitrogens with zero attached hydrogens (tertiary/aromatic N) is 3. The second-order valence-electron chi connectivity index (χ2n) is 7.68. The molecule has 1 amide bonds. The number of alkyl halides is 3. The molecule has 0 N–H and O–H groups in total. The van der Waals surface area contributed by atoms with Crippen molar-refractivity contribution in [1.82, 2.24) is 14.2 Å². The zero-order valence-corrected chi connectivity index (χ0v) is 18.3. The van der Waals surface area contributed by atoms with E-state index in [2.05, 4.69) is 4.98 Å². The summed E-state index contributed by atoms with van der Waals surface area (Å²) < 4.78 is 79.1. The van der Waals surface area contributed by atoms with Crippen LogP contribution in [0.3, 0.4) is 0 Å². The molecule has 0 aliphatic carbocycles. The van der Waals surface area contributed by atoms with E-state index in [4.69, 9.17) is 0 Å². The van der Waals surface area contributed by atoms with Gasteiger partial charge in [-0.1, -0.05) is 6.07 Å². The van der Waals surface area contributed by atoms with Crippen LogP contribution in [0.15, 0.2) is 53.4 Å². The van der Waals surface area contributed by atoms with Gasteiger partial charge in [0, 0.05) is 37.6 Å². The van der Waals surface area contributed by atoms with Gasteiger partial charge in [-0.2, -0.15) is 17.5 Å². The van der Waals surface area contributed by atoms with Gasteiger partial charge in [-0.05, 0) is 43.3 Å². The minimum atomic E-state index is -4.66. The topological polar surface area (TPSA) is 70.6 Å². The van der Waals surface area contributed by atoms with Crippen LogP contribution in [0.4, 0.5) is 17.6 Å². The molecule has 11 heteroatoms. The molecule has 1 aliphatic rings. The van der Waals surface area contributed by atoms with Gasteiger partial charge >= 0.3 is 6.18 Å². The number of fused-ring (bicyclic) bond motifs is 1. The van der Waals surface area contributed by atoms with Gasteiger partial charge in [-0.25, -0.2) is 12.8 Å². The van der Waals surface area contributed by atoms with Crippen molar-refractivity contribution in [1.29, 1.82) is 0 Å². The summed E-state index contributed by atoms with van der Waals surface area (Å²) in [5, 5.41) is 0.594. The van der Waals surface area contributed by atoms with E-state index in [-0.39, 0.29) is 32.1 Å². The molecule has 174 valence electrons. The van der Waals surface area contributed by atoms with Crippen molar-refractivity contribution in [3.63, 3.8) is 0 Å². The second kappa shape index (κ2) is 8.38. The number of pyridine rings is 1. The number of rotatable bonds is 3. The number of benzene rings is 2. The van der Waals surface area contributed by atoms with Gasteiger partial charge in [0.1, 0.15) is 5.82 Å².